The summed E-state index contributed by atoms with van der Waals surface area (Å²) in [4.78, 5) is 0. The highest BCUT2D eigenvalue weighted by atomic mass is 19.2. The monoisotopic (exact) mass is 246 g/mol. The van der Waals surface area contributed by atoms with Crippen LogP contribution in [0.2, 0.25) is 0 Å². The molecule has 0 aromatic heterocycles. The lowest BCUT2D eigenvalue weighted by molar-refractivity contribution is -1.06. The summed E-state index contributed by atoms with van der Waals surface area (Å²) in [6, 6.07) is 0. The molecule has 1 nitrogen and oxygen atoms in total. The summed E-state index contributed by atoms with van der Waals surface area (Å²) in [5.41, 5.74) is 0. The molecule has 0 saturated carbocycles. The van der Waals surface area contributed by atoms with Crippen LogP contribution in [0, 0.1) is 0 Å². The molecule has 1 heterocycles. The standard InChI is InChI=1S/C9H10F6N/c1-2-3-4-16(15)8(13)6(11)5(10)7(12)9(16)14/h8H,2-4H2,1H3/q+1. The smallest absolute Gasteiger partial charge is 0.200 e. The number of allylic oxidation sites excluding steroid dienone is 2. The van der Waals surface area contributed by atoms with Crippen molar-refractivity contribution in [2.24, 2.45) is 0 Å². The van der Waals surface area contributed by atoms with E-state index in [1.807, 2.05) is 0 Å². The molecule has 2 unspecified atom stereocenters. The van der Waals surface area contributed by atoms with E-state index in [1.54, 1.807) is 6.92 Å². The van der Waals surface area contributed by atoms with Crippen LogP contribution in [0.1, 0.15) is 19.8 Å². The molecule has 0 fully saturated rings. The molecule has 7 heteroatoms. The van der Waals surface area contributed by atoms with E-state index in [2.05, 4.69) is 0 Å². The van der Waals surface area contributed by atoms with Gasteiger partial charge in [-0.05, 0) is 4.71 Å². The van der Waals surface area contributed by atoms with Gasteiger partial charge in [-0.3, -0.25) is 0 Å². The first-order valence-electron chi connectivity index (χ1n) is 4.69. The van der Waals surface area contributed by atoms with Gasteiger partial charge >= 0.3 is 12.2 Å². The number of hydrogen-bond donors (Lipinski definition) is 0. The van der Waals surface area contributed by atoms with Crippen molar-refractivity contribution in [3.05, 3.63) is 23.4 Å². The van der Waals surface area contributed by atoms with Gasteiger partial charge in [0, 0.05) is 10.9 Å². The second-order valence-corrected chi connectivity index (χ2v) is 3.45. The SMILES string of the molecule is CCCC[N+]1(F)C(F)=C(F)C(F)=C(F)C1F. The summed E-state index contributed by atoms with van der Waals surface area (Å²) in [7, 11) is 0. The van der Waals surface area contributed by atoms with Crippen LogP contribution < -0.4 is 0 Å². The van der Waals surface area contributed by atoms with Gasteiger partial charge < -0.3 is 0 Å². The predicted molar refractivity (Wildman–Crippen MR) is 44.5 cm³/mol. The highest BCUT2D eigenvalue weighted by Gasteiger charge is 2.55. The van der Waals surface area contributed by atoms with E-state index in [0.29, 0.717) is 6.42 Å². The summed E-state index contributed by atoms with van der Waals surface area (Å²) in [5, 5.41) is 0. The Morgan fingerprint density at radius 2 is 1.69 bits per heavy atom. The summed E-state index contributed by atoms with van der Waals surface area (Å²) < 4.78 is 75.1. The summed E-state index contributed by atoms with van der Waals surface area (Å²) >= 11 is 0. The van der Waals surface area contributed by atoms with Gasteiger partial charge in [0.1, 0.15) is 6.54 Å². The van der Waals surface area contributed by atoms with Gasteiger partial charge in [0.2, 0.25) is 11.7 Å². The predicted octanol–water partition coefficient (Wildman–Crippen LogP) is 4.06. The van der Waals surface area contributed by atoms with Crippen molar-refractivity contribution < 1.29 is 31.1 Å². The molecule has 16 heavy (non-hydrogen) atoms. The van der Waals surface area contributed by atoms with Crippen LogP contribution in [-0.4, -0.2) is 17.5 Å². The van der Waals surface area contributed by atoms with Crippen LogP contribution in [0.15, 0.2) is 23.4 Å². The van der Waals surface area contributed by atoms with E-state index < -0.39 is 41.0 Å². The molecule has 0 saturated heterocycles. The van der Waals surface area contributed by atoms with E-state index in [4.69, 9.17) is 0 Å². The minimum absolute atomic E-state index is 0.00647. The van der Waals surface area contributed by atoms with Crippen molar-refractivity contribution in [2.45, 2.75) is 26.1 Å². The van der Waals surface area contributed by atoms with E-state index in [9.17, 15) is 26.4 Å². The van der Waals surface area contributed by atoms with Gasteiger partial charge in [-0.2, -0.15) is 13.2 Å². The highest BCUT2D eigenvalue weighted by molar-refractivity contribution is 5.26. The van der Waals surface area contributed by atoms with Crippen LogP contribution in [0.25, 0.3) is 0 Å². The number of unbranched alkanes of at least 4 members (excludes halogenated alkanes) is 1. The molecule has 0 aliphatic carbocycles. The zero-order chi connectivity index (χ0) is 12.5. The van der Waals surface area contributed by atoms with E-state index >= 15 is 0 Å². The minimum atomic E-state index is -3.19. The first kappa shape index (κ1) is 13.1. The molecule has 0 aromatic rings. The minimum Gasteiger partial charge on any atom is -0.200 e. The van der Waals surface area contributed by atoms with Crippen LogP contribution >= 0.6 is 0 Å². The number of rotatable bonds is 3. The number of nitrogens with zero attached hydrogens (tertiary/aromatic N) is 1. The molecule has 0 aromatic carbocycles. The van der Waals surface area contributed by atoms with E-state index in [1.165, 1.54) is 0 Å². The van der Waals surface area contributed by atoms with Gasteiger partial charge in [-0.1, -0.05) is 13.3 Å². The maximum absolute atomic E-state index is 13.7. The van der Waals surface area contributed by atoms with Gasteiger partial charge in [0.05, 0.1) is 0 Å². The van der Waals surface area contributed by atoms with Crippen molar-refractivity contribution in [1.29, 1.82) is 0 Å². The van der Waals surface area contributed by atoms with Crippen molar-refractivity contribution >= 4 is 0 Å². The number of quaternary nitrogens is 1. The Bertz CT molecular complexity index is 350. The highest BCUT2D eigenvalue weighted by Crippen LogP contribution is 2.42. The molecule has 0 bridgehead atoms. The van der Waals surface area contributed by atoms with Crippen molar-refractivity contribution in [3.63, 3.8) is 0 Å². The summed E-state index contributed by atoms with van der Waals surface area (Å²) in [5.74, 6) is -9.14. The van der Waals surface area contributed by atoms with Crippen LogP contribution in [0.3, 0.4) is 0 Å². The van der Waals surface area contributed by atoms with Crippen molar-refractivity contribution in [2.75, 3.05) is 6.54 Å². The second kappa shape index (κ2) is 4.48. The molecular weight excluding hydrogens is 236 g/mol. The average Bonchev–Trinajstić information content (AvgIpc) is 2.29. The quantitative estimate of drug-likeness (QED) is 0.400. The number of hydrogen-bond acceptors (Lipinski definition) is 0. The Labute approximate surface area is 88.2 Å². The fraction of sp³-hybridized carbons (Fsp3) is 0.556. The lowest BCUT2D eigenvalue weighted by atomic mass is 10.2. The third kappa shape index (κ3) is 1.83. The number of alkyl halides is 1. The number of halogens is 6. The maximum Gasteiger partial charge on any atom is 0.365 e. The Kier molecular flexibility index (Phi) is 3.67. The molecule has 92 valence electrons. The Hall–Kier alpha value is -0.980. The Morgan fingerprint density at radius 3 is 2.19 bits per heavy atom. The van der Waals surface area contributed by atoms with E-state index in [-0.39, 0.29) is 6.42 Å². The lowest BCUT2D eigenvalue weighted by Crippen LogP contribution is -2.47. The van der Waals surface area contributed by atoms with E-state index in [0.717, 1.165) is 0 Å². The van der Waals surface area contributed by atoms with Gasteiger partial charge in [0.15, 0.2) is 0 Å². The lowest BCUT2D eigenvalue weighted by Gasteiger charge is -2.28. The topological polar surface area (TPSA) is 0 Å². The van der Waals surface area contributed by atoms with Gasteiger partial charge in [0.25, 0.3) is 5.83 Å². The zero-order valence-electron chi connectivity index (χ0n) is 8.41. The fourth-order valence-electron chi connectivity index (χ4n) is 1.34. The first-order chi connectivity index (χ1) is 7.36. The largest absolute Gasteiger partial charge is 0.365 e. The molecule has 2 atom stereocenters. The van der Waals surface area contributed by atoms with Gasteiger partial charge in [-0.15, -0.1) is 4.39 Å². The van der Waals surface area contributed by atoms with Crippen molar-refractivity contribution in [1.82, 2.24) is 0 Å². The molecule has 1 aliphatic rings. The third-order valence-corrected chi connectivity index (χ3v) is 2.32. The van der Waals surface area contributed by atoms with Crippen molar-refractivity contribution in [3.8, 4) is 0 Å². The zero-order valence-corrected chi connectivity index (χ0v) is 8.41. The molecular formula is C9H10F6N+. The fourth-order valence-corrected chi connectivity index (χ4v) is 1.34. The summed E-state index contributed by atoms with van der Waals surface area (Å²) in [6.45, 7) is 0.811. The van der Waals surface area contributed by atoms with Crippen LogP contribution in [-0.2, 0) is 0 Å². The second-order valence-electron chi connectivity index (χ2n) is 3.45. The van der Waals surface area contributed by atoms with Crippen LogP contribution in [0.5, 0.6) is 0 Å². The Morgan fingerprint density at radius 1 is 1.12 bits per heavy atom. The normalized spacial score (nSPS) is 31.3. The maximum atomic E-state index is 13.7. The van der Waals surface area contributed by atoms with Gasteiger partial charge in [-0.25, -0.2) is 4.39 Å². The summed E-state index contributed by atoms with van der Waals surface area (Å²) in [6.07, 6.45) is -2.81. The average molecular weight is 246 g/mol. The molecule has 0 amide bonds. The first-order valence-corrected chi connectivity index (χ1v) is 4.69. The molecule has 1 aliphatic heterocycles. The third-order valence-electron chi connectivity index (χ3n) is 2.32. The van der Waals surface area contributed by atoms with Crippen LogP contribution in [0.4, 0.5) is 26.4 Å². The molecule has 1 rings (SSSR count). The molecule has 0 radical (unpaired) electrons. The molecule has 0 spiro atoms. The molecule has 0 N–H and O–H groups in total. The Balaban J connectivity index is 3.14.